The Labute approximate surface area is 162 Å². The van der Waals surface area contributed by atoms with E-state index in [0.717, 1.165) is 11.1 Å². The molecule has 2 nitrogen and oxygen atoms in total. The first-order chi connectivity index (χ1) is 11.8. The first-order valence-electron chi connectivity index (χ1n) is 8.14. The number of esters is 1. The number of allylic oxidation sites excluding steroid dienone is 1. The summed E-state index contributed by atoms with van der Waals surface area (Å²) in [7, 11) is 0. The Balaban J connectivity index is 1.70. The van der Waals surface area contributed by atoms with Crippen LogP contribution in [-0.2, 0) is 16.1 Å². The maximum Gasteiger partial charge on any atom is 0.310 e. The minimum absolute atomic E-state index is 0.0311. The number of thiophene rings is 1. The average Bonchev–Trinajstić information content (AvgIpc) is 2.93. The molecule has 1 fully saturated rings. The topological polar surface area (TPSA) is 26.3 Å². The highest BCUT2D eigenvalue weighted by Crippen LogP contribution is 2.60. The number of ether oxygens (including phenoxy) is 1. The van der Waals surface area contributed by atoms with E-state index < -0.39 is 0 Å². The first-order valence-corrected chi connectivity index (χ1v) is 9.77. The van der Waals surface area contributed by atoms with Gasteiger partial charge in [0.2, 0.25) is 0 Å². The van der Waals surface area contributed by atoms with Gasteiger partial charge in [-0.05, 0) is 52.5 Å². The van der Waals surface area contributed by atoms with Crippen LogP contribution in [0.4, 0.5) is 0 Å². The molecule has 0 spiro atoms. The zero-order valence-electron chi connectivity index (χ0n) is 14.4. The molecule has 1 aliphatic carbocycles. The molecule has 1 heterocycles. The van der Waals surface area contributed by atoms with Crippen LogP contribution < -0.4 is 0 Å². The monoisotopic (exact) mass is 394 g/mol. The van der Waals surface area contributed by atoms with Crippen LogP contribution >= 0.6 is 34.5 Å². The smallest absolute Gasteiger partial charge is 0.310 e. The van der Waals surface area contributed by atoms with E-state index in [1.807, 2.05) is 32.0 Å². The maximum absolute atomic E-state index is 12.5. The molecule has 1 aromatic heterocycles. The first kappa shape index (κ1) is 18.5. The van der Waals surface area contributed by atoms with E-state index in [1.54, 1.807) is 17.4 Å². The number of rotatable bonds is 5. The lowest BCUT2D eigenvalue weighted by molar-refractivity contribution is -0.147. The summed E-state index contributed by atoms with van der Waals surface area (Å²) in [4.78, 5) is 13.7. The van der Waals surface area contributed by atoms with E-state index in [1.165, 1.54) is 10.4 Å². The molecule has 0 saturated heterocycles. The molecule has 0 amide bonds. The minimum atomic E-state index is -0.194. The molecule has 0 bridgehead atoms. The zero-order chi connectivity index (χ0) is 18.2. The van der Waals surface area contributed by atoms with Crippen molar-refractivity contribution in [2.45, 2.75) is 27.4 Å². The van der Waals surface area contributed by atoms with Crippen LogP contribution in [0, 0.1) is 24.2 Å². The van der Waals surface area contributed by atoms with Gasteiger partial charge in [0.1, 0.15) is 11.1 Å². The van der Waals surface area contributed by atoms with Crippen molar-refractivity contribution in [3.63, 3.8) is 0 Å². The van der Waals surface area contributed by atoms with Gasteiger partial charge in [-0.25, -0.2) is 0 Å². The van der Waals surface area contributed by atoms with Crippen molar-refractivity contribution in [2.75, 3.05) is 0 Å². The van der Waals surface area contributed by atoms with E-state index in [0.29, 0.717) is 0 Å². The highest BCUT2D eigenvalue weighted by atomic mass is 35.5. The van der Waals surface area contributed by atoms with Crippen molar-refractivity contribution >= 4 is 40.5 Å². The summed E-state index contributed by atoms with van der Waals surface area (Å²) in [6, 6.07) is 10.2. The molecule has 0 aliphatic heterocycles. The number of benzene rings is 1. The summed E-state index contributed by atoms with van der Waals surface area (Å²) >= 11 is 13.2. The molecule has 132 valence electrons. The molecule has 0 N–H and O–H groups in total. The van der Waals surface area contributed by atoms with Crippen LogP contribution in [0.15, 0.2) is 46.3 Å². The van der Waals surface area contributed by atoms with Crippen molar-refractivity contribution < 1.29 is 9.53 Å². The third kappa shape index (κ3) is 3.79. The molecule has 2 atom stereocenters. The largest absolute Gasteiger partial charge is 0.461 e. The molecule has 1 saturated carbocycles. The number of carbonyl (C=O) groups excluding carboxylic acids is 1. The summed E-state index contributed by atoms with van der Waals surface area (Å²) in [5, 5.41) is 2.06. The summed E-state index contributed by atoms with van der Waals surface area (Å²) in [5.41, 5.74) is 3.19. The number of hydrogen-bond donors (Lipinski definition) is 0. The lowest BCUT2D eigenvalue weighted by atomic mass is 10.0. The van der Waals surface area contributed by atoms with Gasteiger partial charge >= 0.3 is 5.97 Å². The van der Waals surface area contributed by atoms with Crippen LogP contribution in [0.1, 0.15) is 25.0 Å². The van der Waals surface area contributed by atoms with Crippen LogP contribution in [-0.4, -0.2) is 5.97 Å². The van der Waals surface area contributed by atoms with E-state index in [9.17, 15) is 4.79 Å². The molecule has 25 heavy (non-hydrogen) atoms. The predicted molar refractivity (Wildman–Crippen MR) is 105 cm³/mol. The Morgan fingerprint density at radius 3 is 2.68 bits per heavy atom. The zero-order valence-corrected chi connectivity index (χ0v) is 16.7. The van der Waals surface area contributed by atoms with Gasteiger partial charge in [0.25, 0.3) is 0 Å². The van der Waals surface area contributed by atoms with Gasteiger partial charge < -0.3 is 4.74 Å². The van der Waals surface area contributed by atoms with Crippen molar-refractivity contribution in [3.05, 3.63) is 57.4 Å². The van der Waals surface area contributed by atoms with Gasteiger partial charge in [0.05, 0.1) is 5.92 Å². The fourth-order valence-corrected chi connectivity index (χ4v) is 4.43. The molecule has 2 aromatic rings. The molecule has 3 rings (SSSR count). The lowest BCUT2D eigenvalue weighted by Gasteiger charge is -2.11. The fraction of sp³-hybridized carbons (Fsp3) is 0.350. The van der Waals surface area contributed by atoms with Crippen LogP contribution in [0.25, 0.3) is 10.4 Å². The van der Waals surface area contributed by atoms with Crippen molar-refractivity contribution in [3.8, 4) is 10.4 Å². The Morgan fingerprint density at radius 2 is 2.04 bits per heavy atom. The van der Waals surface area contributed by atoms with E-state index in [-0.39, 0.29) is 34.3 Å². The molecule has 5 heteroatoms. The van der Waals surface area contributed by atoms with Gasteiger partial charge in [-0.3, -0.25) is 4.79 Å². The van der Waals surface area contributed by atoms with Gasteiger partial charge in [-0.1, -0.05) is 61.3 Å². The highest BCUT2D eigenvalue weighted by molar-refractivity contribution is 7.13. The van der Waals surface area contributed by atoms with Crippen molar-refractivity contribution in [1.29, 1.82) is 0 Å². The highest BCUT2D eigenvalue weighted by Gasteiger charge is 2.61. The second kappa shape index (κ2) is 7.14. The Kier molecular flexibility index (Phi) is 5.29. The summed E-state index contributed by atoms with van der Waals surface area (Å²) < 4.78 is 5.80. The summed E-state index contributed by atoms with van der Waals surface area (Å²) in [6.45, 7) is 6.40. The van der Waals surface area contributed by atoms with Crippen LogP contribution in [0.5, 0.6) is 0 Å². The van der Waals surface area contributed by atoms with Crippen molar-refractivity contribution in [2.24, 2.45) is 17.3 Å². The molecular weight excluding hydrogens is 375 g/mol. The van der Waals surface area contributed by atoms with Gasteiger partial charge in [0, 0.05) is 4.88 Å². The fourth-order valence-electron chi connectivity index (χ4n) is 3.35. The normalized spacial score (nSPS) is 20.8. The second-order valence-electron chi connectivity index (χ2n) is 6.96. The number of hydrogen-bond acceptors (Lipinski definition) is 3. The van der Waals surface area contributed by atoms with Gasteiger partial charge in [0.15, 0.2) is 0 Å². The summed E-state index contributed by atoms with van der Waals surface area (Å²) in [6.07, 6.45) is 1.73. The summed E-state index contributed by atoms with van der Waals surface area (Å²) in [5.74, 6) is -0.355. The molecule has 1 aromatic carbocycles. The van der Waals surface area contributed by atoms with E-state index in [2.05, 4.69) is 24.4 Å². The third-order valence-corrected chi connectivity index (χ3v) is 6.23. The molecule has 1 aliphatic rings. The van der Waals surface area contributed by atoms with Crippen LogP contribution in [0.3, 0.4) is 0 Å². The Bertz CT molecular complexity index is 805. The second-order valence-corrected chi connectivity index (χ2v) is 8.91. The lowest BCUT2D eigenvalue weighted by Crippen LogP contribution is -2.11. The van der Waals surface area contributed by atoms with Crippen LogP contribution in [0.2, 0.25) is 0 Å². The third-order valence-electron chi connectivity index (χ3n) is 5.07. The number of halogens is 2. The van der Waals surface area contributed by atoms with E-state index in [4.69, 9.17) is 27.9 Å². The molecule has 0 radical (unpaired) electrons. The quantitative estimate of drug-likeness (QED) is 0.551. The Hall–Kier alpha value is -1.29. The minimum Gasteiger partial charge on any atom is -0.461 e. The SMILES string of the molecule is Cc1c(COC(=O)[C@H]2[C@H](C=C(Cl)Cl)C2(C)C)cccc1-c1cccs1. The average molecular weight is 395 g/mol. The Morgan fingerprint density at radius 1 is 1.28 bits per heavy atom. The van der Waals surface area contributed by atoms with Gasteiger partial charge in [-0.15, -0.1) is 11.3 Å². The maximum atomic E-state index is 12.5. The van der Waals surface area contributed by atoms with Crippen molar-refractivity contribution in [1.82, 2.24) is 0 Å². The standard InChI is InChI=1S/C20H20Cl2O2S/c1-12-13(6-4-7-14(12)16-8-5-9-25-16)11-24-19(23)18-15(10-17(21)22)20(18,2)3/h4-10,15,18H,11H2,1-3H3/t15-,18+/m0/s1. The van der Waals surface area contributed by atoms with Gasteiger partial charge in [-0.2, -0.15) is 0 Å². The number of carbonyl (C=O) groups is 1. The molecule has 0 unspecified atom stereocenters. The van der Waals surface area contributed by atoms with E-state index >= 15 is 0 Å². The predicted octanol–water partition coefficient (Wildman–Crippen LogP) is 6.36. The molecular formula is C20H20Cl2O2S.